The molecule has 4 heteroatoms. The van der Waals surface area contributed by atoms with E-state index in [1.807, 2.05) is 42.5 Å². The van der Waals surface area contributed by atoms with Crippen LogP contribution in [-0.2, 0) is 0 Å². The van der Waals surface area contributed by atoms with E-state index in [0.717, 1.165) is 10.8 Å². The monoisotopic (exact) mass is 278 g/mol. The van der Waals surface area contributed by atoms with E-state index in [4.69, 9.17) is 4.74 Å². The highest BCUT2D eigenvalue weighted by Crippen LogP contribution is 2.26. The lowest BCUT2D eigenvalue weighted by molar-refractivity contribution is 0.102. The van der Waals surface area contributed by atoms with Gasteiger partial charge in [-0.2, -0.15) is 0 Å². The van der Waals surface area contributed by atoms with Crippen LogP contribution in [0.3, 0.4) is 0 Å². The number of benzene rings is 2. The van der Waals surface area contributed by atoms with E-state index in [2.05, 4.69) is 10.3 Å². The molecule has 1 heterocycles. The van der Waals surface area contributed by atoms with Crippen LogP contribution in [0.2, 0.25) is 0 Å². The molecule has 1 amide bonds. The Morgan fingerprint density at radius 3 is 2.43 bits per heavy atom. The van der Waals surface area contributed by atoms with Gasteiger partial charge in [0, 0.05) is 6.20 Å². The lowest BCUT2D eigenvalue weighted by atomic mass is 10.1. The number of nitrogens with one attached hydrogen (secondary N) is 1. The lowest BCUT2D eigenvalue weighted by Crippen LogP contribution is -2.14. The summed E-state index contributed by atoms with van der Waals surface area (Å²) in [5.41, 5.74) is 0.488. The zero-order chi connectivity index (χ0) is 14.7. The van der Waals surface area contributed by atoms with Gasteiger partial charge in [-0.05, 0) is 35.0 Å². The van der Waals surface area contributed by atoms with Crippen molar-refractivity contribution in [2.75, 3.05) is 12.4 Å². The molecule has 0 aliphatic rings. The number of fused-ring (bicyclic) bond motifs is 1. The van der Waals surface area contributed by atoms with Gasteiger partial charge in [0.25, 0.3) is 5.91 Å². The highest BCUT2D eigenvalue weighted by Gasteiger charge is 2.14. The first-order valence-corrected chi connectivity index (χ1v) is 6.57. The fourth-order valence-electron chi connectivity index (χ4n) is 2.19. The highest BCUT2D eigenvalue weighted by atomic mass is 16.5. The fourth-order valence-corrected chi connectivity index (χ4v) is 2.19. The van der Waals surface area contributed by atoms with Crippen molar-refractivity contribution in [3.05, 3.63) is 66.4 Å². The SMILES string of the molecule is COc1cc2ccccc2cc1C(=O)Nc1ccccn1. The van der Waals surface area contributed by atoms with Gasteiger partial charge in [-0.3, -0.25) is 4.79 Å². The Morgan fingerprint density at radius 1 is 1.05 bits per heavy atom. The smallest absolute Gasteiger partial charge is 0.260 e. The van der Waals surface area contributed by atoms with Gasteiger partial charge in [-0.25, -0.2) is 4.98 Å². The quantitative estimate of drug-likeness (QED) is 0.797. The van der Waals surface area contributed by atoms with Gasteiger partial charge in [0.2, 0.25) is 0 Å². The van der Waals surface area contributed by atoms with Crippen molar-refractivity contribution >= 4 is 22.5 Å². The Labute approximate surface area is 122 Å². The number of pyridine rings is 1. The van der Waals surface area contributed by atoms with Crippen molar-refractivity contribution in [2.24, 2.45) is 0 Å². The van der Waals surface area contributed by atoms with Crippen molar-refractivity contribution in [1.29, 1.82) is 0 Å². The first kappa shape index (κ1) is 13.1. The third-order valence-corrected chi connectivity index (χ3v) is 3.22. The van der Waals surface area contributed by atoms with Crippen molar-refractivity contribution in [3.8, 4) is 5.75 Å². The van der Waals surface area contributed by atoms with Gasteiger partial charge < -0.3 is 10.1 Å². The molecule has 104 valence electrons. The molecule has 4 nitrogen and oxygen atoms in total. The Morgan fingerprint density at radius 2 is 1.76 bits per heavy atom. The van der Waals surface area contributed by atoms with Crippen LogP contribution >= 0.6 is 0 Å². The summed E-state index contributed by atoms with van der Waals surface area (Å²) in [5.74, 6) is 0.816. The van der Waals surface area contributed by atoms with E-state index in [1.165, 1.54) is 0 Å². The Bertz CT molecular complexity index is 785. The number of anilines is 1. The van der Waals surface area contributed by atoms with Crippen molar-refractivity contribution in [2.45, 2.75) is 0 Å². The molecule has 0 aliphatic heterocycles. The van der Waals surface area contributed by atoms with Crippen LogP contribution in [0, 0.1) is 0 Å². The van der Waals surface area contributed by atoms with Gasteiger partial charge >= 0.3 is 0 Å². The van der Waals surface area contributed by atoms with Gasteiger partial charge in [0.1, 0.15) is 11.6 Å². The molecule has 1 N–H and O–H groups in total. The van der Waals surface area contributed by atoms with Crippen LogP contribution in [0.15, 0.2) is 60.8 Å². The molecule has 0 saturated carbocycles. The zero-order valence-electron chi connectivity index (χ0n) is 11.5. The average molecular weight is 278 g/mol. The number of amides is 1. The topological polar surface area (TPSA) is 51.2 Å². The van der Waals surface area contributed by atoms with Crippen LogP contribution in [0.1, 0.15) is 10.4 Å². The van der Waals surface area contributed by atoms with E-state index in [0.29, 0.717) is 17.1 Å². The molecule has 0 saturated heterocycles. The lowest BCUT2D eigenvalue weighted by Gasteiger charge is -2.10. The van der Waals surface area contributed by atoms with E-state index in [1.54, 1.807) is 25.4 Å². The van der Waals surface area contributed by atoms with E-state index < -0.39 is 0 Å². The molecular formula is C17H14N2O2. The van der Waals surface area contributed by atoms with Crippen LogP contribution in [0.5, 0.6) is 5.75 Å². The number of ether oxygens (including phenoxy) is 1. The number of aromatic nitrogens is 1. The molecule has 0 unspecified atom stereocenters. The maximum absolute atomic E-state index is 12.4. The second kappa shape index (κ2) is 5.63. The number of carbonyl (C=O) groups excluding carboxylic acids is 1. The third-order valence-electron chi connectivity index (χ3n) is 3.22. The molecule has 0 radical (unpaired) electrons. The van der Waals surface area contributed by atoms with Gasteiger partial charge in [-0.1, -0.05) is 30.3 Å². The molecule has 1 aromatic heterocycles. The molecule has 0 atom stereocenters. The van der Waals surface area contributed by atoms with Crippen LogP contribution in [-0.4, -0.2) is 18.0 Å². The van der Waals surface area contributed by atoms with Crippen LogP contribution in [0.4, 0.5) is 5.82 Å². The minimum atomic E-state index is -0.240. The van der Waals surface area contributed by atoms with E-state index >= 15 is 0 Å². The maximum Gasteiger partial charge on any atom is 0.260 e. The molecule has 3 rings (SSSR count). The number of hydrogen-bond donors (Lipinski definition) is 1. The normalized spacial score (nSPS) is 10.3. The minimum Gasteiger partial charge on any atom is -0.496 e. The summed E-state index contributed by atoms with van der Waals surface area (Å²) >= 11 is 0. The summed E-state index contributed by atoms with van der Waals surface area (Å²) in [6.07, 6.45) is 1.63. The second-order valence-electron chi connectivity index (χ2n) is 4.57. The number of carbonyl (C=O) groups is 1. The van der Waals surface area contributed by atoms with E-state index in [-0.39, 0.29) is 5.91 Å². The first-order valence-electron chi connectivity index (χ1n) is 6.57. The summed E-state index contributed by atoms with van der Waals surface area (Å²) in [6, 6.07) is 16.9. The number of rotatable bonds is 3. The average Bonchev–Trinajstić information content (AvgIpc) is 2.54. The third kappa shape index (κ3) is 2.69. The Kier molecular flexibility index (Phi) is 3.51. The van der Waals surface area contributed by atoms with Gasteiger partial charge in [-0.15, -0.1) is 0 Å². The second-order valence-corrected chi connectivity index (χ2v) is 4.57. The Balaban J connectivity index is 2.00. The number of nitrogens with zero attached hydrogens (tertiary/aromatic N) is 1. The highest BCUT2D eigenvalue weighted by molar-refractivity contribution is 6.08. The predicted molar refractivity (Wildman–Crippen MR) is 82.7 cm³/mol. The molecule has 0 spiro atoms. The summed E-state index contributed by atoms with van der Waals surface area (Å²) in [4.78, 5) is 16.5. The van der Waals surface area contributed by atoms with Crippen molar-refractivity contribution < 1.29 is 9.53 Å². The summed E-state index contributed by atoms with van der Waals surface area (Å²) in [6.45, 7) is 0. The molecule has 0 fully saturated rings. The summed E-state index contributed by atoms with van der Waals surface area (Å²) < 4.78 is 5.33. The van der Waals surface area contributed by atoms with Crippen LogP contribution in [0.25, 0.3) is 10.8 Å². The van der Waals surface area contributed by atoms with Crippen LogP contribution < -0.4 is 10.1 Å². The van der Waals surface area contributed by atoms with Gasteiger partial charge in [0.15, 0.2) is 0 Å². The van der Waals surface area contributed by atoms with E-state index in [9.17, 15) is 4.79 Å². The van der Waals surface area contributed by atoms with Crippen molar-refractivity contribution in [3.63, 3.8) is 0 Å². The number of hydrogen-bond acceptors (Lipinski definition) is 3. The molecule has 0 bridgehead atoms. The summed E-state index contributed by atoms with van der Waals surface area (Å²) in [7, 11) is 1.56. The molecular weight excluding hydrogens is 264 g/mol. The van der Waals surface area contributed by atoms with Gasteiger partial charge in [0.05, 0.1) is 12.7 Å². The molecule has 21 heavy (non-hydrogen) atoms. The number of methoxy groups -OCH3 is 1. The molecule has 3 aromatic rings. The minimum absolute atomic E-state index is 0.240. The Hall–Kier alpha value is -2.88. The molecule has 0 aliphatic carbocycles. The first-order chi connectivity index (χ1) is 10.3. The van der Waals surface area contributed by atoms with Crippen molar-refractivity contribution in [1.82, 2.24) is 4.98 Å². The fraction of sp³-hybridized carbons (Fsp3) is 0.0588. The zero-order valence-corrected chi connectivity index (χ0v) is 11.5. The molecule has 2 aromatic carbocycles. The largest absolute Gasteiger partial charge is 0.496 e. The predicted octanol–water partition coefficient (Wildman–Crippen LogP) is 3.50. The maximum atomic E-state index is 12.4. The summed E-state index contributed by atoms with van der Waals surface area (Å²) in [5, 5.41) is 4.79. The standard InChI is InChI=1S/C17H14N2O2/c1-21-15-11-13-7-3-2-6-12(13)10-14(15)17(20)19-16-8-4-5-9-18-16/h2-11H,1H3,(H,18,19,20).